The Kier molecular flexibility index (Phi) is 7.43. The van der Waals surface area contributed by atoms with Gasteiger partial charge in [-0.15, -0.1) is 0 Å². The molecule has 0 aliphatic carbocycles. The first-order chi connectivity index (χ1) is 14.0. The summed E-state index contributed by atoms with van der Waals surface area (Å²) in [6.45, 7) is 3.39. The van der Waals surface area contributed by atoms with Crippen LogP contribution in [0.1, 0.15) is 11.6 Å². The van der Waals surface area contributed by atoms with E-state index in [1.54, 1.807) is 0 Å². The fourth-order valence-electron chi connectivity index (χ4n) is 3.28. The Hall–Kier alpha value is -2.64. The van der Waals surface area contributed by atoms with Crippen molar-refractivity contribution in [3.63, 3.8) is 0 Å². The number of halogens is 1. The number of ether oxygens (including phenoxy) is 2. The van der Waals surface area contributed by atoms with E-state index in [0.29, 0.717) is 25.5 Å². The van der Waals surface area contributed by atoms with E-state index >= 15 is 0 Å². The summed E-state index contributed by atoms with van der Waals surface area (Å²) < 4.78 is 23.9. The van der Waals surface area contributed by atoms with Gasteiger partial charge in [-0.05, 0) is 42.0 Å². The number of carbonyl (C=O) groups is 1. The zero-order valence-electron chi connectivity index (χ0n) is 16.9. The second-order valence-electron chi connectivity index (χ2n) is 7.20. The predicted octanol–water partition coefficient (Wildman–Crippen LogP) is 2.46. The highest BCUT2D eigenvalue weighted by Crippen LogP contribution is 2.23. The summed E-state index contributed by atoms with van der Waals surface area (Å²) in [4.78, 5) is 16.7. The van der Waals surface area contributed by atoms with Gasteiger partial charge in [-0.25, -0.2) is 4.39 Å². The van der Waals surface area contributed by atoms with E-state index in [4.69, 9.17) is 9.47 Å². The third kappa shape index (κ3) is 6.17. The van der Waals surface area contributed by atoms with Crippen LogP contribution in [0.4, 0.5) is 10.1 Å². The molecule has 0 spiro atoms. The highest BCUT2D eigenvalue weighted by molar-refractivity contribution is 5.77. The number of anilines is 1. The van der Waals surface area contributed by atoms with Crippen LogP contribution in [0.5, 0.6) is 5.75 Å². The minimum atomic E-state index is -0.338. The van der Waals surface area contributed by atoms with Crippen molar-refractivity contribution in [3.8, 4) is 5.75 Å². The van der Waals surface area contributed by atoms with Crippen molar-refractivity contribution in [1.29, 1.82) is 0 Å². The number of nitrogens with one attached hydrogen (secondary N) is 1. The lowest BCUT2D eigenvalue weighted by Crippen LogP contribution is -2.44. The largest absolute Gasteiger partial charge is 0.484 e. The summed E-state index contributed by atoms with van der Waals surface area (Å²) in [7, 11) is 4.02. The average molecular weight is 401 g/mol. The molecule has 0 radical (unpaired) electrons. The Morgan fingerprint density at radius 2 is 1.79 bits per heavy atom. The first kappa shape index (κ1) is 21.1. The molecule has 0 aromatic heterocycles. The van der Waals surface area contributed by atoms with Crippen molar-refractivity contribution in [2.45, 2.75) is 6.04 Å². The number of nitrogens with zero attached hydrogens (tertiary/aromatic N) is 2. The molecule has 2 aromatic carbocycles. The summed E-state index contributed by atoms with van der Waals surface area (Å²) in [5.74, 6) is -0.0847. The smallest absolute Gasteiger partial charge is 0.258 e. The molecular weight excluding hydrogens is 373 g/mol. The Balaban J connectivity index is 1.60. The molecule has 1 aliphatic rings. The molecule has 1 aliphatic heterocycles. The minimum absolute atomic E-state index is 0.0601. The quantitative estimate of drug-likeness (QED) is 0.737. The third-order valence-corrected chi connectivity index (χ3v) is 4.96. The second-order valence-corrected chi connectivity index (χ2v) is 7.20. The maximum absolute atomic E-state index is 13.0. The maximum atomic E-state index is 13.0. The molecule has 1 heterocycles. The number of rotatable bonds is 8. The molecule has 7 heteroatoms. The van der Waals surface area contributed by atoms with E-state index in [9.17, 15) is 9.18 Å². The SMILES string of the molecule is CN(C)c1ccc([C@H](CNC(=O)COc2ccc(F)cc2)N2CCOCC2)cc1. The minimum Gasteiger partial charge on any atom is -0.484 e. The molecule has 3 rings (SSSR count). The molecule has 0 bridgehead atoms. The van der Waals surface area contributed by atoms with Crippen LogP contribution in [0.25, 0.3) is 0 Å². The molecule has 1 fully saturated rings. The van der Waals surface area contributed by atoms with Crippen molar-refractivity contribution >= 4 is 11.6 Å². The number of benzene rings is 2. The predicted molar refractivity (Wildman–Crippen MR) is 111 cm³/mol. The van der Waals surface area contributed by atoms with Gasteiger partial charge in [0.2, 0.25) is 0 Å². The number of hydrogen-bond donors (Lipinski definition) is 1. The molecule has 2 aromatic rings. The second kappa shape index (κ2) is 10.2. The third-order valence-electron chi connectivity index (χ3n) is 4.96. The van der Waals surface area contributed by atoms with Crippen LogP contribution < -0.4 is 15.0 Å². The van der Waals surface area contributed by atoms with E-state index in [0.717, 1.165) is 24.3 Å². The Bertz CT molecular complexity index is 775. The molecule has 6 nitrogen and oxygen atoms in total. The first-order valence-electron chi connectivity index (χ1n) is 9.77. The molecule has 29 heavy (non-hydrogen) atoms. The molecule has 1 atom stereocenters. The van der Waals surface area contributed by atoms with Crippen molar-refractivity contribution in [2.24, 2.45) is 0 Å². The number of hydrogen-bond acceptors (Lipinski definition) is 5. The van der Waals surface area contributed by atoms with Crippen LogP contribution in [0, 0.1) is 5.82 Å². The van der Waals surface area contributed by atoms with Crippen molar-refractivity contribution in [1.82, 2.24) is 10.2 Å². The van der Waals surface area contributed by atoms with E-state index in [-0.39, 0.29) is 24.4 Å². The molecule has 0 saturated carbocycles. The Morgan fingerprint density at radius 3 is 2.41 bits per heavy atom. The molecule has 0 unspecified atom stereocenters. The standard InChI is InChI=1S/C22H28FN3O3/c1-25(2)19-7-3-17(4-8-19)21(26-11-13-28-14-12-26)15-24-22(27)16-29-20-9-5-18(23)6-10-20/h3-10,21H,11-16H2,1-2H3,(H,24,27)/t21-/m0/s1. The molecule has 156 valence electrons. The van der Waals surface area contributed by atoms with Crippen LogP contribution in [-0.2, 0) is 9.53 Å². The van der Waals surface area contributed by atoms with Crippen LogP contribution in [0.15, 0.2) is 48.5 Å². The number of carbonyl (C=O) groups excluding carboxylic acids is 1. The lowest BCUT2D eigenvalue weighted by atomic mass is 10.0. The topological polar surface area (TPSA) is 54.0 Å². The first-order valence-corrected chi connectivity index (χ1v) is 9.77. The van der Waals surface area contributed by atoms with E-state index < -0.39 is 0 Å². The molecule has 1 amide bonds. The van der Waals surface area contributed by atoms with E-state index in [1.165, 1.54) is 24.3 Å². The fourth-order valence-corrected chi connectivity index (χ4v) is 3.28. The van der Waals surface area contributed by atoms with E-state index in [2.05, 4.69) is 39.4 Å². The van der Waals surface area contributed by atoms with Gasteiger partial charge in [-0.1, -0.05) is 12.1 Å². The summed E-state index contributed by atoms with van der Waals surface area (Å²) in [6.07, 6.45) is 0. The molecular formula is C22H28FN3O3. The van der Waals surface area contributed by atoms with Gasteiger partial charge in [0.25, 0.3) is 5.91 Å². The molecule has 1 N–H and O–H groups in total. The highest BCUT2D eigenvalue weighted by atomic mass is 19.1. The van der Waals surface area contributed by atoms with Crippen LogP contribution >= 0.6 is 0 Å². The van der Waals surface area contributed by atoms with Crippen LogP contribution in [0.3, 0.4) is 0 Å². The van der Waals surface area contributed by atoms with Gasteiger partial charge >= 0.3 is 0 Å². The van der Waals surface area contributed by atoms with Crippen molar-refractivity contribution in [2.75, 3.05) is 58.5 Å². The summed E-state index contributed by atoms with van der Waals surface area (Å²) in [6, 6.07) is 14.1. The monoisotopic (exact) mass is 401 g/mol. The van der Waals surface area contributed by atoms with Crippen molar-refractivity contribution < 1.29 is 18.7 Å². The van der Waals surface area contributed by atoms with Gasteiger partial charge in [0, 0.05) is 39.4 Å². The van der Waals surface area contributed by atoms with Crippen LogP contribution in [-0.4, -0.2) is 64.4 Å². The highest BCUT2D eigenvalue weighted by Gasteiger charge is 2.23. The summed E-state index contributed by atoms with van der Waals surface area (Å²) >= 11 is 0. The zero-order valence-corrected chi connectivity index (χ0v) is 16.9. The summed E-state index contributed by atoms with van der Waals surface area (Å²) in [5.41, 5.74) is 2.28. The van der Waals surface area contributed by atoms with Gasteiger partial charge in [0.05, 0.1) is 19.3 Å². The Morgan fingerprint density at radius 1 is 1.14 bits per heavy atom. The van der Waals surface area contributed by atoms with Gasteiger partial charge < -0.3 is 19.7 Å². The lowest BCUT2D eigenvalue weighted by molar-refractivity contribution is -0.123. The molecule has 1 saturated heterocycles. The average Bonchev–Trinajstić information content (AvgIpc) is 2.74. The van der Waals surface area contributed by atoms with Gasteiger partial charge in [-0.3, -0.25) is 9.69 Å². The van der Waals surface area contributed by atoms with Crippen molar-refractivity contribution in [3.05, 3.63) is 59.9 Å². The van der Waals surface area contributed by atoms with Crippen LogP contribution in [0.2, 0.25) is 0 Å². The zero-order chi connectivity index (χ0) is 20.6. The van der Waals surface area contributed by atoms with Gasteiger partial charge in [-0.2, -0.15) is 0 Å². The Labute approximate surface area is 171 Å². The normalized spacial score (nSPS) is 15.6. The number of morpholine rings is 1. The van der Waals surface area contributed by atoms with E-state index in [1.807, 2.05) is 14.1 Å². The fraction of sp³-hybridized carbons (Fsp3) is 0.409. The maximum Gasteiger partial charge on any atom is 0.258 e. The lowest BCUT2D eigenvalue weighted by Gasteiger charge is -2.35. The summed E-state index contributed by atoms with van der Waals surface area (Å²) in [5, 5.41) is 2.97. The number of amides is 1. The van der Waals surface area contributed by atoms with Gasteiger partial charge in [0.15, 0.2) is 6.61 Å². The van der Waals surface area contributed by atoms with Gasteiger partial charge in [0.1, 0.15) is 11.6 Å².